The van der Waals surface area contributed by atoms with Crippen molar-refractivity contribution in [1.82, 2.24) is 14.7 Å². The first-order valence-electron chi connectivity index (χ1n) is 6.90. The Morgan fingerprint density at radius 3 is 2.52 bits per heavy atom. The Hall–Kier alpha value is -1.99. The van der Waals surface area contributed by atoms with Gasteiger partial charge in [0.2, 0.25) is 0 Å². The second-order valence-corrected chi connectivity index (χ2v) is 5.76. The molecular formula is C15H17ClF2N4O. The number of halogens is 3. The molecule has 0 bridgehead atoms. The number of likely N-dealkylation sites (N-methyl/N-ethyl adjacent to an activating group) is 2. The number of hydrogen-bond acceptors (Lipinski definition) is 4. The van der Waals surface area contributed by atoms with Crippen LogP contribution in [0.1, 0.15) is 0 Å². The first-order chi connectivity index (χ1) is 10.8. The van der Waals surface area contributed by atoms with Crippen LogP contribution in [0.25, 0.3) is 5.69 Å². The maximum atomic E-state index is 13.8. The molecule has 2 aromatic rings. The molecule has 8 heteroatoms. The smallest absolute Gasteiger partial charge is 0.292 e. The summed E-state index contributed by atoms with van der Waals surface area (Å²) < 4.78 is 27.6. The lowest BCUT2D eigenvalue weighted by molar-refractivity contribution is 0.416. The van der Waals surface area contributed by atoms with E-state index < -0.39 is 17.2 Å². The molecule has 0 aliphatic rings. The highest BCUT2D eigenvalue weighted by Gasteiger charge is 2.16. The summed E-state index contributed by atoms with van der Waals surface area (Å²) in [5.41, 5.74) is -0.357. The third-order valence-corrected chi connectivity index (χ3v) is 3.69. The van der Waals surface area contributed by atoms with Gasteiger partial charge in [-0.25, -0.2) is 8.78 Å². The largest absolute Gasteiger partial charge is 0.371 e. The number of rotatable bonds is 5. The Bertz CT molecular complexity index is 764. The van der Waals surface area contributed by atoms with Crippen LogP contribution in [0.2, 0.25) is 5.02 Å². The van der Waals surface area contributed by atoms with Crippen LogP contribution >= 0.6 is 11.6 Å². The predicted octanol–water partition coefficient (Wildman–Crippen LogP) is 2.16. The number of hydrogen-bond donors (Lipinski definition) is 0. The molecule has 0 unspecified atom stereocenters. The van der Waals surface area contributed by atoms with Crippen molar-refractivity contribution >= 4 is 17.3 Å². The third kappa shape index (κ3) is 3.86. The van der Waals surface area contributed by atoms with E-state index in [2.05, 4.69) is 5.10 Å². The Balaban J connectivity index is 2.39. The van der Waals surface area contributed by atoms with E-state index in [1.165, 1.54) is 6.20 Å². The Morgan fingerprint density at radius 2 is 1.91 bits per heavy atom. The maximum absolute atomic E-state index is 13.8. The Labute approximate surface area is 137 Å². The lowest BCUT2D eigenvalue weighted by Crippen LogP contribution is -2.31. The van der Waals surface area contributed by atoms with Gasteiger partial charge in [0, 0.05) is 26.2 Å². The van der Waals surface area contributed by atoms with Crippen LogP contribution in [0, 0.1) is 11.6 Å². The molecular weight excluding hydrogens is 326 g/mol. The highest BCUT2D eigenvalue weighted by Crippen LogP contribution is 2.21. The minimum atomic E-state index is -0.885. The zero-order chi connectivity index (χ0) is 17.1. The zero-order valence-electron chi connectivity index (χ0n) is 13.1. The van der Waals surface area contributed by atoms with Crippen molar-refractivity contribution in [2.75, 3.05) is 39.1 Å². The van der Waals surface area contributed by atoms with E-state index in [0.717, 1.165) is 23.4 Å². The SMILES string of the molecule is CN(C)CCN(C)c1cnn(-c2ccc(F)cc2F)c(=O)c1Cl. The molecule has 1 aromatic carbocycles. The molecule has 0 saturated carbocycles. The molecule has 0 atom stereocenters. The van der Waals surface area contributed by atoms with E-state index >= 15 is 0 Å². The molecule has 0 spiro atoms. The van der Waals surface area contributed by atoms with E-state index in [4.69, 9.17) is 11.6 Å². The van der Waals surface area contributed by atoms with Gasteiger partial charge in [0.15, 0.2) is 5.82 Å². The molecule has 0 amide bonds. The summed E-state index contributed by atoms with van der Waals surface area (Å²) in [4.78, 5) is 16.1. The van der Waals surface area contributed by atoms with E-state index in [1.54, 1.807) is 11.9 Å². The molecule has 0 fully saturated rings. The first-order valence-corrected chi connectivity index (χ1v) is 7.28. The van der Waals surface area contributed by atoms with Gasteiger partial charge in [0.05, 0.1) is 11.9 Å². The molecule has 0 aliphatic heterocycles. The number of anilines is 1. The van der Waals surface area contributed by atoms with Crippen molar-refractivity contribution in [3.8, 4) is 5.69 Å². The van der Waals surface area contributed by atoms with Crippen molar-refractivity contribution < 1.29 is 8.78 Å². The highest BCUT2D eigenvalue weighted by atomic mass is 35.5. The van der Waals surface area contributed by atoms with Gasteiger partial charge in [-0.15, -0.1) is 0 Å². The minimum Gasteiger partial charge on any atom is -0.371 e. The van der Waals surface area contributed by atoms with Crippen LogP contribution in [-0.2, 0) is 0 Å². The lowest BCUT2D eigenvalue weighted by atomic mass is 10.3. The summed E-state index contributed by atoms with van der Waals surface area (Å²) in [6, 6.07) is 2.89. The lowest BCUT2D eigenvalue weighted by Gasteiger charge is -2.22. The highest BCUT2D eigenvalue weighted by molar-refractivity contribution is 6.33. The van der Waals surface area contributed by atoms with Crippen molar-refractivity contribution in [2.24, 2.45) is 0 Å². The molecule has 0 N–H and O–H groups in total. The van der Waals surface area contributed by atoms with Crippen molar-refractivity contribution in [2.45, 2.75) is 0 Å². The monoisotopic (exact) mass is 342 g/mol. The second kappa shape index (κ2) is 7.06. The average molecular weight is 343 g/mol. The summed E-state index contributed by atoms with van der Waals surface area (Å²) in [6.07, 6.45) is 1.39. The fraction of sp³-hybridized carbons (Fsp3) is 0.333. The van der Waals surface area contributed by atoms with Gasteiger partial charge in [-0.3, -0.25) is 4.79 Å². The Morgan fingerprint density at radius 1 is 1.22 bits per heavy atom. The van der Waals surface area contributed by atoms with Crippen molar-refractivity contribution in [3.05, 3.63) is 51.4 Å². The summed E-state index contributed by atoms with van der Waals surface area (Å²) in [5, 5.41) is 3.89. The summed E-state index contributed by atoms with van der Waals surface area (Å²) in [6.45, 7) is 1.41. The Kier molecular flexibility index (Phi) is 5.33. The predicted molar refractivity (Wildman–Crippen MR) is 86.6 cm³/mol. The van der Waals surface area contributed by atoms with Crippen molar-refractivity contribution in [3.63, 3.8) is 0 Å². The van der Waals surface area contributed by atoms with Gasteiger partial charge < -0.3 is 9.80 Å². The van der Waals surface area contributed by atoms with Crippen LogP contribution in [0.15, 0.2) is 29.2 Å². The van der Waals surface area contributed by atoms with E-state index in [1.807, 2.05) is 19.0 Å². The minimum absolute atomic E-state index is 0.0648. The number of benzene rings is 1. The molecule has 23 heavy (non-hydrogen) atoms. The standard InChI is InChI=1S/C15H17ClF2N4O/c1-20(2)6-7-21(3)13-9-19-22(15(23)14(13)16)12-5-4-10(17)8-11(12)18/h4-5,8-9H,6-7H2,1-3H3. The van der Waals surface area contributed by atoms with Crippen molar-refractivity contribution in [1.29, 1.82) is 0 Å². The third-order valence-electron chi connectivity index (χ3n) is 3.33. The topological polar surface area (TPSA) is 41.4 Å². The average Bonchev–Trinajstić information content (AvgIpc) is 2.48. The van der Waals surface area contributed by atoms with Gasteiger partial charge in [-0.05, 0) is 26.2 Å². The van der Waals surface area contributed by atoms with E-state index in [0.29, 0.717) is 18.3 Å². The van der Waals surface area contributed by atoms with Crippen LogP contribution in [0.5, 0.6) is 0 Å². The fourth-order valence-electron chi connectivity index (χ4n) is 1.99. The molecule has 1 aromatic heterocycles. The number of aromatic nitrogens is 2. The van der Waals surface area contributed by atoms with Gasteiger partial charge >= 0.3 is 0 Å². The molecule has 1 heterocycles. The first kappa shape index (κ1) is 17.4. The normalized spacial score (nSPS) is 11.1. The summed E-state index contributed by atoms with van der Waals surface area (Å²) in [5.74, 6) is -1.62. The molecule has 124 valence electrons. The van der Waals surface area contributed by atoms with E-state index in [9.17, 15) is 13.6 Å². The quantitative estimate of drug-likeness (QED) is 0.835. The number of nitrogens with zero attached hydrogens (tertiary/aromatic N) is 4. The second-order valence-electron chi connectivity index (χ2n) is 5.38. The van der Waals surface area contributed by atoms with Gasteiger partial charge in [-0.1, -0.05) is 11.6 Å². The molecule has 5 nitrogen and oxygen atoms in total. The fourth-order valence-corrected chi connectivity index (χ4v) is 2.26. The van der Waals surface area contributed by atoms with Crippen LogP contribution in [0.3, 0.4) is 0 Å². The summed E-state index contributed by atoms with van der Waals surface area (Å²) >= 11 is 6.12. The van der Waals surface area contributed by atoms with Gasteiger partial charge in [-0.2, -0.15) is 9.78 Å². The molecule has 2 rings (SSSR count). The molecule has 0 radical (unpaired) electrons. The summed E-state index contributed by atoms with van der Waals surface area (Å²) in [7, 11) is 5.65. The van der Waals surface area contributed by atoms with Gasteiger partial charge in [0.1, 0.15) is 16.5 Å². The van der Waals surface area contributed by atoms with Crippen LogP contribution in [0.4, 0.5) is 14.5 Å². The molecule has 0 saturated heterocycles. The van der Waals surface area contributed by atoms with Crippen LogP contribution in [-0.4, -0.2) is 48.9 Å². The van der Waals surface area contributed by atoms with Crippen LogP contribution < -0.4 is 10.5 Å². The maximum Gasteiger partial charge on any atom is 0.292 e. The zero-order valence-corrected chi connectivity index (χ0v) is 13.8. The van der Waals surface area contributed by atoms with Gasteiger partial charge in [0.25, 0.3) is 5.56 Å². The van der Waals surface area contributed by atoms with E-state index in [-0.39, 0.29) is 10.7 Å². The molecule has 0 aliphatic carbocycles.